The lowest BCUT2D eigenvalue weighted by atomic mass is 9.96. The van der Waals surface area contributed by atoms with Gasteiger partial charge < -0.3 is 19.5 Å². The molecule has 2 aromatic heterocycles. The Morgan fingerprint density at radius 3 is 1.38 bits per heavy atom. The van der Waals surface area contributed by atoms with E-state index >= 15 is 0 Å². The van der Waals surface area contributed by atoms with Crippen LogP contribution in [0.25, 0.3) is 21.9 Å². The number of hydrogen-bond donors (Lipinski definition) is 2. The molecule has 0 bridgehead atoms. The van der Waals surface area contributed by atoms with Crippen LogP contribution in [0, 0.1) is 13.8 Å². The predicted octanol–water partition coefficient (Wildman–Crippen LogP) is 6.70. The van der Waals surface area contributed by atoms with Crippen molar-refractivity contribution in [2.24, 2.45) is 0 Å². The molecule has 0 aliphatic rings. The van der Waals surface area contributed by atoms with Crippen molar-refractivity contribution in [3.05, 3.63) is 151 Å². The van der Waals surface area contributed by atoms with Gasteiger partial charge in [0.25, 0.3) is 0 Å². The molecule has 0 saturated heterocycles. The first-order valence-electron chi connectivity index (χ1n) is 14.6. The molecule has 224 valence electrons. The minimum Gasteiger partial charge on any atom is -0.422 e. The number of Topliss-reactive ketones (excluding diaryl/α,β-unsaturated/α-hetero) is 2. The molecule has 0 fully saturated rings. The topological polar surface area (TPSA) is 119 Å². The number of rotatable bonds is 10. The Hall–Kier alpha value is -5.76. The summed E-state index contributed by atoms with van der Waals surface area (Å²) in [6.45, 7) is 3.43. The molecule has 0 aliphatic heterocycles. The molecule has 0 radical (unpaired) electrons. The van der Waals surface area contributed by atoms with E-state index in [0.29, 0.717) is 39.5 Å². The molecule has 2 heterocycles. The minimum atomic E-state index is -0.663. The summed E-state index contributed by atoms with van der Waals surface area (Å²) >= 11 is 0. The summed E-state index contributed by atoms with van der Waals surface area (Å²) in [5.41, 5.74) is 4.06. The van der Waals surface area contributed by atoms with E-state index in [0.717, 1.165) is 22.5 Å². The standard InChI is InChI=1S/C37H30N2O6/c1-22-28-18-24(13-15-32(28)44-36(42)34(22)30(40)20-38-26-9-5-3-6-10-26)17-25-14-16-33-29(19-25)23(2)35(37(43)45-33)31(41)21-39-27-11-7-4-8-12-27/h3-16,18-19,38-39H,17,20-21H2,1-2H3. The average Bonchev–Trinajstić information content (AvgIpc) is 3.04. The van der Waals surface area contributed by atoms with Gasteiger partial charge in [0.2, 0.25) is 0 Å². The summed E-state index contributed by atoms with van der Waals surface area (Å²) in [5, 5.41) is 7.47. The third-order valence-corrected chi connectivity index (χ3v) is 7.88. The van der Waals surface area contributed by atoms with E-state index in [4.69, 9.17) is 8.83 Å². The highest BCUT2D eigenvalue weighted by Gasteiger charge is 2.20. The maximum absolute atomic E-state index is 13.1. The number of carbonyl (C=O) groups is 2. The van der Waals surface area contributed by atoms with Crippen LogP contribution in [0.15, 0.2) is 115 Å². The van der Waals surface area contributed by atoms with Gasteiger partial charge >= 0.3 is 11.3 Å². The number of hydrogen-bond acceptors (Lipinski definition) is 8. The van der Waals surface area contributed by atoms with Crippen molar-refractivity contribution in [3.8, 4) is 0 Å². The zero-order valence-corrected chi connectivity index (χ0v) is 24.8. The molecule has 0 saturated carbocycles. The molecule has 6 rings (SSSR count). The lowest BCUT2D eigenvalue weighted by molar-refractivity contribution is 0.0994. The van der Waals surface area contributed by atoms with Crippen LogP contribution in [0.1, 0.15) is 43.0 Å². The molecule has 45 heavy (non-hydrogen) atoms. The number of benzene rings is 4. The van der Waals surface area contributed by atoms with E-state index in [1.54, 1.807) is 26.0 Å². The number of ketones is 2. The summed E-state index contributed by atoms with van der Waals surface area (Å²) in [6, 6.07) is 29.6. The van der Waals surface area contributed by atoms with Gasteiger partial charge in [-0.1, -0.05) is 48.5 Å². The fraction of sp³-hybridized carbons (Fsp3) is 0.135. The highest BCUT2D eigenvalue weighted by Crippen LogP contribution is 2.26. The second-order valence-electron chi connectivity index (χ2n) is 10.9. The molecule has 0 unspecified atom stereocenters. The summed E-state index contributed by atoms with van der Waals surface area (Å²) < 4.78 is 11.1. The van der Waals surface area contributed by atoms with Crippen molar-refractivity contribution in [1.29, 1.82) is 0 Å². The van der Waals surface area contributed by atoms with Crippen molar-refractivity contribution >= 4 is 44.9 Å². The maximum Gasteiger partial charge on any atom is 0.347 e. The Balaban J connectivity index is 1.27. The van der Waals surface area contributed by atoms with Gasteiger partial charge in [0.15, 0.2) is 11.6 Å². The fourth-order valence-corrected chi connectivity index (χ4v) is 5.55. The lowest BCUT2D eigenvalue weighted by Crippen LogP contribution is -2.23. The largest absolute Gasteiger partial charge is 0.422 e. The van der Waals surface area contributed by atoms with E-state index in [2.05, 4.69) is 10.6 Å². The molecule has 4 aromatic carbocycles. The first-order chi connectivity index (χ1) is 21.8. The SMILES string of the molecule is Cc1c(C(=O)CNc2ccccc2)c(=O)oc2ccc(Cc3ccc4oc(=O)c(C(=O)CNc5ccccc5)c(C)c4c3)cc12. The molecule has 0 amide bonds. The summed E-state index contributed by atoms with van der Waals surface area (Å²) in [6.07, 6.45) is 0.515. The second-order valence-corrected chi connectivity index (χ2v) is 10.9. The maximum atomic E-state index is 13.1. The van der Waals surface area contributed by atoms with Crippen molar-refractivity contribution in [2.45, 2.75) is 20.3 Å². The van der Waals surface area contributed by atoms with Crippen molar-refractivity contribution in [1.82, 2.24) is 0 Å². The molecule has 8 heteroatoms. The van der Waals surface area contributed by atoms with Gasteiger partial charge in [-0.25, -0.2) is 9.59 Å². The Kier molecular flexibility index (Phi) is 8.12. The average molecular weight is 599 g/mol. The highest BCUT2D eigenvalue weighted by atomic mass is 16.4. The number of aryl methyl sites for hydroxylation is 2. The number of anilines is 2. The lowest BCUT2D eigenvalue weighted by Gasteiger charge is -2.11. The zero-order chi connectivity index (χ0) is 31.5. The van der Waals surface area contributed by atoms with Gasteiger partial charge in [0.05, 0.1) is 13.1 Å². The van der Waals surface area contributed by atoms with Crippen molar-refractivity contribution < 1.29 is 18.4 Å². The monoisotopic (exact) mass is 598 g/mol. The van der Waals surface area contributed by atoms with Gasteiger partial charge in [0.1, 0.15) is 22.3 Å². The summed E-state index contributed by atoms with van der Waals surface area (Å²) in [4.78, 5) is 51.7. The molecular weight excluding hydrogens is 568 g/mol. The first-order valence-corrected chi connectivity index (χ1v) is 14.6. The minimum absolute atomic E-state index is 0.0263. The molecule has 0 atom stereocenters. The predicted molar refractivity (Wildman–Crippen MR) is 176 cm³/mol. The number of carbonyl (C=O) groups excluding carboxylic acids is 2. The Morgan fingerprint density at radius 1 is 0.578 bits per heavy atom. The normalized spacial score (nSPS) is 11.1. The zero-order valence-electron chi connectivity index (χ0n) is 24.8. The van der Waals surface area contributed by atoms with E-state index in [1.165, 1.54) is 0 Å². The van der Waals surface area contributed by atoms with E-state index in [9.17, 15) is 19.2 Å². The van der Waals surface area contributed by atoms with Gasteiger partial charge in [-0.3, -0.25) is 9.59 Å². The van der Waals surface area contributed by atoms with E-state index in [-0.39, 0.29) is 35.8 Å². The molecule has 0 spiro atoms. The van der Waals surface area contributed by atoms with Gasteiger partial charge in [-0.15, -0.1) is 0 Å². The van der Waals surface area contributed by atoms with E-state index in [1.807, 2.05) is 84.9 Å². The molecular formula is C37H30N2O6. The van der Waals surface area contributed by atoms with Crippen LogP contribution < -0.4 is 21.9 Å². The first kappa shape index (κ1) is 29.3. The molecule has 8 nitrogen and oxygen atoms in total. The highest BCUT2D eigenvalue weighted by molar-refractivity contribution is 6.03. The molecule has 6 aromatic rings. The van der Waals surface area contributed by atoms with Crippen molar-refractivity contribution in [3.63, 3.8) is 0 Å². The van der Waals surface area contributed by atoms with Crippen LogP contribution in [0.4, 0.5) is 11.4 Å². The quantitative estimate of drug-likeness (QED) is 0.132. The number of nitrogens with one attached hydrogen (secondary N) is 2. The van der Waals surface area contributed by atoms with Crippen LogP contribution >= 0.6 is 0 Å². The number of para-hydroxylation sites is 2. The van der Waals surface area contributed by atoms with Crippen LogP contribution in [-0.2, 0) is 6.42 Å². The Morgan fingerprint density at radius 2 is 0.978 bits per heavy atom. The third kappa shape index (κ3) is 6.17. The summed E-state index contributed by atoms with van der Waals surface area (Å²) in [5.74, 6) is -0.707. The van der Waals surface area contributed by atoms with Crippen LogP contribution in [0.5, 0.6) is 0 Å². The Bertz CT molecular complexity index is 2030. The molecule has 2 N–H and O–H groups in total. The second kappa shape index (κ2) is 12.5. The third-order valence-electron chi connectivity index (χ3n) is 7.88. The van der Waals surface area contributed by atoms with Crippen LogP contribution in [0.2, 0.25) is 0 Å². The number of fused-ring (bicyclic) bond motifs is 2. The van der Waals surface area contributed by atoms with Crippen LogP contribution in [0.3, 0.4) is 0 Å². The van der Waals surface area contributed by atoms with Gasteiger partial charge in [-0.05, 0) is 91.1 Å². The summed E-state index contributed by atoms with van der Waals surface area (Å²) in [7, 11) is 0. The Labute approximate surface area is 258 Å². The smallest absolute Gasteiger partial charge is 0.347 e. The fourth-order valence-electron chi connectivity index (χ4n) is 5.55. The molecule has 0 aliphatic carbocycles. The van der Waals surface area contributed by atoms with Gasteiger partial charge in [0, 0.05) is 22.1 Å². The van der Waals surface area contributed by atoms with Crippen LogP contribution in [-0.4, -0.2) is 24.7 Å². The van der Waals surface area contributed by atoms with Gasteiger partial charge in [-0.2, -0.15) is 0 Å². The van der Waals surface area contributed by atoms with Crippen molar-refractivity contribution in [2.75, 3.05) is 23.7 Å². The van der Waals surface area contributed by atoms with E-state index < -0.39 is 11.3 Å².